The van der Waals surface area contributed by atoms with E-state index in [1.807, 2.05) is 0 Å². The number of rotatable bonds is 6. The Morgan fingerprint density at radius 3 is 2.22 bits per heavy atom. The van der Waals surface area contributed by atoms with Gasteiger partial charge in [-0.25, -0.2) is 13.6 Å². The predicted molar refractivity (Wildman–Crippen MR) is 76.4 cm³/mol. The zero-order valence-electron chi connectivity index (χ0n) is 13.6. The van der Waals surface area contributed by atoms with Gasteiger partial charge in [0.2, 0.25) is 0 Å². The third kappa shape index (κ3) is 10.1. The zero-order valence-corrected chi connectivity index (χ0v) is 19.3. The molecular formula is C14H23F2N3O2WY-2. The minimum absolute atomic E-state index is 0. The van der Waals surface area contributed by atoms with E-state index in [1.165, 1.54) is 4.90 Å². The fourth-order valence-corrected chi connectivity index (χ4v) is 2.27. The Bertz CT molecular complexity index is 381. The molecular weight excluding hydrogens is 553 g/mol. The number of nitrogens with zero attached hydrogens (tertiary/aromatic N) is 2. The number of carbonyl (C=O) groups is 2. The first-order chi connectivity index (χ1) is 9.71. The van der Waals surface area contributed by atoms with Crippen molar-refractivity contribution >= 4 is 11.8 Å². The van der Waals surface area contributed by atoms with E-state index >= 15 is 0 Å². The van der Waals surface area contributed by atoms with Crippen LogP contribution in [-0.4, -0.2) is 54.9 Å². The van der Waals surface area contributed by atoms with Crippen molar-refractivity contribution in [3.63, 3.8) is 0 Å². The molecule has 0 aliphatic carbocycles. The standard InChI is InChI=1S/C14H23F2N3O2.W.Y/c1-10(2)8-14(15,16)9-12(11(3)20)18-13(21)19-6-4-17-5-7-19;;/h10,12H,3-9H2,1-2H3,(H,18,21);;/q-2;;/t12-;;/m0../s1. The molecule has 0 aromatic rings. The van der Waals surface area contributed by atoms with Gasteiger partial charge in [-0.05, 0) is 5.92 Å². The van der Waals surface area contributed by atoms with Crippen LogP contribution in [0.15, 0.2) is 0 Å². The van der Waals surface area contributed by atoms with Gasteiger partial charge in [-0.2, -0.15) is 0 Å². The third-order valence-electron chi connectivity index (χ3n) is 3.24. The van der Waals surface area contributed by atoms with Gasteiger partial charge in [0.25, 0.3) is 5.92 Å². The Morgan fingerprint density at radius 2 is 1.78 bits per heavy atom. The van der Waals surface area contributed by atoms with Crippen molar-refractivity contribution in [2.45, 2.75) is 38.7 Å². The number of amides is 2. The van der Waals surface area contributed by atoms with Gasteiger partial charge >= 0.3 is 6.03 Å². The number of ketones is 1. The number of hydrogen-bond acceptors (Lipinski definition) is 2. The topological polar surface area (TPSA) is 63.5 Å². The van der Waals surface area contributed by atoms with Crippen molar-refractivity contribution in [3.8, 4) is 0 Å². The SMILES string of the molecule is [CH2-]C(=O)[C@H](CC(F)(F)CC(C)C)NC(=O)N1CC[N-]CC1.[W].[Y]. The van der Waals surface area contributed by atoms with Crippen molar-refractivity contribution in [1.82, 2.24) is 10.2 Å². The van der Waals surface area contributed by atoms with Gasteiger partial charge in [-0.3, -0.25) is 0 Å². The summed E-state index contributed by atoms with van der Waals surface area (Å²) in [6.45, 7) is 8.48. The first kappa shape index (κ1) is 25.7. The van der Waals surface area contributed by atoms with Crippen LogP contribution >= 0.6 is 0 Å². The van der Waals surface area contributed by atoms with E-state index in [-0.39, 0.29) is 66.1 Å². The first-order valence-electron chi connectivity index (χ1n) is 7.13. The maximum atomic E-state index is 13.8. The number of piperazine rings is 1. The molecule has 1 aliphatic heterocycles. The first-order valence-corrected chi connectivity index (χ1v) is 7.13. The average molecular weight is 576 g/mol. The van der Waals surface area contributed by atoms with Gasteiger partial charge in [0.05, 0.1) is 6.04 Å². The summed E-state index contributed by atoms with van der Waals surface area (Å²) in [4.78, 5) is 24.9. The minimum atomic E-state index is -3.00. The molecule has 131 valence electrons. The fourth-order valence-electron chi connectivity index (χ4n) is 2.27. The summed E-state index contributed by atoms with van der Waals surface area (Å²) in [7, 11) is 0. The molecule has 9 heteroatoms. The predicted octanol–water partition coefficient (Wildman–Crippen LogP) is 2.22. The molecule has 0 aromatic carbocycles. The molecule has 1 heterocycles. The quantitative estimate of drug-likeness (QED) is 0.494. The normalized spacial score (nSPS) is 16.1. The fraction of sp³-hybridized carbons (Fsp3) is 0.786. The average Bonchev–Trinajstić information content (AvgIpc) is 2.36. The number of urea groups is 1. The summed E-state index contributed by atoms with van der Waals surface area (Å²) in [6, 6.07) is -1.77. The van der Waals surface area contributed by atoms with Gasteiger partial charge < -0.3 is 27.3 Å². The molecule has 0 saturated carbocycles. The monoisotopic (exact) mass is 576 g/mol. The molecule has 1 fully saturated rings. The van der Waals surface area contributed by atoms with Crippen LogP contribution in [0.2, 0.25) is 0 Å². The molecule has 2 amide bonds. The molecule has 0 bridgehead atoms. The molecule has 1 radical (unpaired) electrons. The van der Waals surface area contributed by atoms with E-state index < -0.39 is 30.2 Å². The second kappa shape index (κ2) is 11.9. The van der Waals surface area contributed by atoms with Gasteiger partial charge in [-0.15, -0.1) is 13.1 Å². The molecule has 5 nitrogen and oxygen atoms in total. The minimum Gasteiger partial charge on any atom is -0.659 e. The van der Waals surface area contributed by atoms with Crippen LogP contribution in [0.4, 0.5) is 13.6 Å². The Morgan fingerprint density at radius 1 is 1.26 bits per heavy atom. The summed E-state index contributed by atoms with van der Waals surface area (Å²) in [5, 5.41) is 6.46. The summed E-state index contributed by atoms with van der Waals surface area (Å²) < 4.78 is 27.6. The van der Waals surface area contributed by atoms with E-state index in [1.54, 1.807) is 13.8 Å². The van der Waals surface area contributed by atoms with E-state index in [2.05, 4.69) is 17.6 Å². The van der Waals surface area contributed by atoms with Crippen LogP contribution in [0.5, 0.6) is 0 Å². The Hall–Kier alpha value is 0.422. The smallest absolute Gasteiger partial charge is 0.317 e. The maximum absolute atomic E-state index is 13.8. The molecule has 1 aliphatic rings. The van der Waals surface area contributed by atoms with Crippen LogP contribution in [-0.2, 0) is 58.6 Å². The second-order valence-electron chi connectivity index (χ2n) is 5.78. The molecule has 0 spiro atoms. The summed E-state index contributed by atoms with van der Waals surface area (Å²) in [5.41, 5.74) is 0. The van der Waals surface area contributed by atoms with E-state index in [0.717, 1.165) is 0 Å². The van der Waals surface area contributed by atoms with Crippen molar-refractivity contribution in [2.75, 3.05) is 26.2 Å². The van der Waals surface area contributed by atoms with Crippen molar-refractivity contribution < 1.29 is 72.1 Å². The van der Waals surface area contributed by atoms with Crippen molar-refractivity contribution in [1.29, 1.82) is 0 Å². The van der Waals surface area contributed by atoms with Gasteiger partial charge in [-0.1, -0.05) is 13.8 Å². The number of halogens is 2. The van der Waals surface area contributed by atoms with Gasteiger partial charge in [0.15, 0.2) is 0 Å². The number of carbonyl (C=O) groups excluding carboxylic acids is 2. The van der Waals surface area contributed by atoms with Gasteiger partial charge in [0, 0.05) is 85.5 Å². The number of Topliss-reactive ketones (excluding diaryl/α,β-unsaturated/α-hetero) is 1. The van der Waals surface area contributed by atoms with E-state index in [0.29, 0.717) is 26.2 Å². The van der Waals surface area contributed by atoms with Crippen LogP contribution in [0.3, 0.4) is 0 Å². The van der Waals surface area contributed by atoms with E-state index in [4.69, 9.17) is 0 Å². The summed E-state index contributed by atoms with van der Waals surface area (Å²) >= 11 is 0. The maximum Gasteiger partial charge on any atom is 0.317 e. The Balaban J connectivity index is 0. The molecule has 1 rings (SSSR count). The van der Waals surface area contributed by atoms with Crippen molar-refractivity contribution in [2.24, 2.45) is 5.92 Å². The zero-order chi connectivity index (χ0) is 16.0. The largest absolute Gasteiger partial charge is 0.659 e. The number of nitrogens with one attached hydrogen (secondary N) is 1. The summed E-state index contributed by atoms with van der Waals surface area (Å²) in [5.74, 6) is -3.90. The molecule has 1 atom stereocenters. The van der Waals surface area contributed by atoms with Crippen LogP contribution in [0, 0.1) is 12.8 Å². The van der Waals surface area contributed by atoms with Crippen molar-refractivity contribution in [3.05, 3.63) is 12.2 Å². The molecule has 0 aromatic heterocycles. The van der Waals surface area contributed by atoms with E-state index in [9.17, 15) is 18.4 Å². The molecule has 1 N–H and O–H groups in total. The van der Waals surface area contributed by atoms with Crippen LogP contribution in [0.25, 0.3) is 5.32 Å². The Labute approximate surface area is 176 Å². The summed E-state index contributed by atoms with van der Waals surface area (Å²) in [6.07, 6.45) is -1.04. The second-order valence-corrected chi connectivity index (χ2v) is 5.78. The molecule has 0 unspecified atom stereocenters. The number of alkyl halides is 2. The molecule has 1 saturated heterocycles. The Kier molecular flexibility index (Phi) is 13.3. The number of hydrogen-bond donors (Lipinski definition) is 1. The molecule has 23 heavy (non-hydrogen) atoms. The third-order valence-corrected chi connectivity index (χ3v) is 3.24. The van der Waals surface area contributed by atoms with Crippen LogP contribution in [0.1, 0.15) is 26.7 Å². The van der Waals surface area contributed by atoms with Gasteiger partial charge in [0.1, 0.15) is 0 Å². The van der Waals surface area contributed by atoms with Crippen LogP contribution < -0.4 is 5.32 Å².